The number of carbonyl (C=O) groups excluding carboxylic acids is 2. The van der Waals surface area contributed by atoms with Gasteiger partial charge in [0, 0.05) is 24.9 Å². The average molecular weight is 328 g/mol. The lowest BCUT2D eigenvalue weighted by Crippen LogP contribution is -2.37. The standard InChI is InChI=1S/C19H24N2O3/c1-19(2,15-8-4-3-5-9-15)14-21-17(22)11-6-12-20-18(23)16-10-7-13-24-16/h3-5,7-10,13H,6,11-12,14H2,1-2H3,(H,20,23)(H,21,22). The summed E-state index contributed by atoms with van der Waals surface area (Å²) in [5.41, 5.74) is 1.07. The van der Waals surface area contributed by atoms with Gasteiger partial charge in [0.15, 0.2) is 5.76 Å². The van der Waals surface area contributed by atoms with Crippen LogP contribution in [0.1, 0.15) is 42.8 Å². The van der Waals surface area contributed by atoms with Crippen LogP contribution in [0, 0.1) is 0 Å². The van der Waals surface area contributed by atoms with Crippen molar-refractivity contribution in [1.82, 2.24) is 10.6 Å². The van der Waals surface area contributed by atoms with Crippen molar-refractivity contribution in [3.05, 3.63) is 60.1 Å². The van der Waals surface area contributed by atoms with E-state index in [2.05, 4.69) is 36.6 Å². The lowest BCUT2D eigenvalue weighted by atomic mass is 9.84. The van der Waals surface area contributed by atoms with Gasteiger partial charge in [-0.25, -0.2) is 0 Å². The molecule has 0 fully saturated rings. The summed E-state index contributed by atoms with van der Waals surface area (Å²) in [5.74, 6) is 0.0148. The van der Waals surface area contributed by atoms with Gasteiger partial charge in [-0.1, -0.05) is 44.2 Å². The number of carbonyl (C=O) groups is 2. The molecule has 0 radical (unpaired) electrons. The first-order chi connectivity index (χ1) is 11.5. The van der Waals surface area contributed by atoms with E-state index in [1.165, 1.54) is 11.8 Å². The van der Waals surface area contributed by atoms with Gasteiger partial charge in [0.25, 0.3) is 5.91 Å². The number of benzene rings is 1. The smallest absolute Gasteiger partial charge is 0.286 e. The molecule has 5 nitrogen and oxygen atoms in total. The molecule has 1 aromatic carbocycles. The van der Waals surface area contributed by atoms with Crippen LogP contribution in [0.5, 0.6) is 0 Å². The van der Waals surface area contributed by atoms with Crippen molar-refractivity contribution in [3.8, 4) is 0 Å². The minimum atomic E-state index is -0.259. The minimum absolute atomic E-state index is 0.00810. The molecule has 0 saturated heterocycles. The van der Waals surface area contributed by atoms with Crippen LogP contribution >= 0.6 is 0 Å². The Balaban J connectivity index is 1.66. The average Bonchev–Trinajstić information content (AvgIpc) is 3.12. The quantitative estimate of drug-likeness (QED) is 0.732. The highest BCUT2D eigenvalue weighted by molar-refractivity contribution is 5.91. The van der Waals surface area contributed by atoms with E-state index in [0.29, 0.717) is 25.9 Å². The summed E-state index contributed by atoms with van der Waals surface area (Å²) in [6, 6.07) is 13.4. The third-order valence-electron chi connectivity index (χ3n) is 3.89. The summed E-state index contributed by atoms with van der Waals surface area (Å²) in [4.78, 5) is 23.6. The topological polar surface area (TPSA) is 71.3 Å². The van der Waals surface area contributed by atoms with E-state index in [4.69, 9.17) is 4.42 Å². The highest BCUT2D eigenvalue weighted by atomic mass is 16.3. The predicted molar refractivity (Wildman–Crippen MR) is 92.8 cm³/mol. The maximum atomic E-state index is 12.0. The first-order valence-corrected chi connectivity index (χ1v) is 8.13. The Hall–Kier alpha value is -2.56. The van der Waals surface area contributed by atoms with E-state index < -0.39 is 0 Å². The van der Waals surface area contributed by atoms with Crippen molar-refractivity contribution in [2.45, 2.75) is 32.1 Å². The molecular weight excluding hydrogens is 304 g/mol. The zero-order valence-corrected chi connectivity index (χ0v) is 14.2. The Bertz CT molecular complexity index is 649. The molecule has 24 heavy (non-hydrogen) atoms. The summed E-state index contributed by atoms with van der Waals surface area (Å²) >= 11 is 0. The summed E-state index contributed by atoms with van der Waals surface area (Å²) in [5, 5.41) is 5.69. The number of nitrogens with one attached hydrogen (secondary N) is 2. The highest BCUT2D eigenvalue weighted by Crippen LogP contribution is 2.21. The van der Waals surface area contributed by atoms with Gasteiger partial charge in [-0.3, -0.25) is 9.59 Å². The second kappa shape index (κ2) is 8.34. The molecule has 0 atom stereocenters. The number of hydrogen-bond donors (Lipinski definition) is 2. The molecule has 2 aromatic rings. The SMILES string of the molecule is CC(C)(CNC(=O)CCCNC(=O)c1ccco1)c1ccccc1. The Morgan fingerprint density at radius 1 is 1.04 bits per heavy atom. The number of rotatable bonds is 8. The zero-order chi connectivity index (χ0) is 17.4. The van der Waals surface area contributed by atoms with Gasteiger partial charge in [-0.15, -0.1) is 0 Å². The number of furan rings is 1. The van der Waals surface area contributed by atoms with Crippen LogP contribution in [0.2, 0.25) is 0 Å². The molecule has 0 aliphatic heterocycles. The van der Waals surface area contributed by atoms with Gasteiger partial charge < -0.3 is 15.1 Å². The van der Waals surface area contributed by atoms with Gasteiger partial charge in [0.2, 0.25) is 5.91 Å². The van der Waals surface area contributed by atoms with Gasteiger partial charge in [-0.05, 0) is 24.1 Å². The molecule has 2 rings (SSSR count). The maximum Gasteiger partial charge on any atom is 0.286 e. The Morgan fingerprint density at radius 3 is 2.46 bits per heavy atom. The molecule has 0 spiro atoms. The molecule has 0 saturated carbocycles. The van der Waals surface area contributed by atoms with Crippen molar-refractivity contribution < 1.29 is 14.0 Å². The summed E-state index contributed by atoms with van der Waals surface area (Å²) in [6.45, 7) is 5.22. The van der Waals surface area contributed by atoms with Crippen LogP contribution in [0.3, 0.4) is 0 Å². The van der Waals surface area contributed by atoms with Gasteiger partial charge in [-0.2, -0.15) is 0 Å². The summed E-state index contributed by atoms with van der Waals surface area (Å²) in [6.07, 6.45) is 2.42. The fourth-order valence-corrected chi connectivity index (χ4v) is 2.35. The molecule has 1 aromatic heterocycles. The molecule has 2 N–H and O–H groups in total. The molecule has 5 heteroatoms. The van der Waals surface area contributed by atoms with E-state index in [0.717, 1.165) is 0 Å². The van der Waals surface area contributed by atoms with Crippen molar-refractivity contribution in [2.75, 3.05) is 13.1 Å². The van der Waals surface area contributed by atoms with E-state index >= 15 is 0 Å². The lowest BCUT2D eigenvalue weighted by Gasteiger charge is -2.25. The first kappa shape index (κ1) is 17.8. The molecule has 1 heterocycles. The fourth-order valence-electron chi connectivity index (χ4n) is 2.35. The van der Waals surface area contributed by atoms with Crippen molar-refractivity contribution in [2.24, 2.45) is 0 Å². The zero-order valence-electron chi connectivity index (χ0n) is 14.2. The minimum Gasteiger partial charge on any atom is -0.459 e. The number of amides is 2. The van der Waals surface area contributed by atoms with E-state index in [-0.39, 0.29) is 23.0 Å². The second-order valence-corrected chi connectivity index (χ2v) is 6.36. The Labute approximate surface area is 142 Å². The molecular formula is C19H24N2O3. The molecule has 0 aliphatic rings. The van der Waals surface area contributed by atoms with Gasteiger partial charge in [0.05, 0.1) is 6.26 Å². The number of hydrogen-bond acceptors (Lipinski definition) is 3. The lowest BCUT2D eigenvalue weighted by molar-refractivity contribution is -0.121. The van der Waals surface area contributed by atoms with E-state index in [9.17, 15) is 9.59 Å². The molecule has 0 unspecified atom stereocenters. The molecule has 0 bridgehead atoms. The van der Waals surface area contributed by atoms with E-state index in [1.54, 1.807) is 12.1 Å². The Kier molecular flexibility index (Phi) is 6.18. The van der Waals surface area contributed by atoms with Crippen molar-refractivity contribution >= 4 is 11.8 Å². The predicted octanol–water partition coefficient (Wildman–Crippen LogP) is 2.88. The van der Waals surface area contributed by atoms with Crippen LogP contribution < -0.4 is 10.6 Å². The van der Waals surface area contributed by atoms with Crippen LogP contribution in [0.4, 0.5) is 0 Å². The third-order valence-corrected chi connectivity index (χ3v) is 3.89. The van der Waals surface area contributed by atoms with Crippen molar-refractivity contribution in [1.29, 1.82) is 0 Å². The van der Waals surface area contributed by atoms with Crippen LogP contribution in [0.15, 0.2) is 53.1 Å². The Morgan fingerprint density at radius 2 is 1.79 bits per heavy atom. The third kappa shape index (κ3) is 5.26. The highest BCUT2D eigenvalue weighted by Gasteiger charge is 2.20. The van der Waals surface area contributed by atoms with Crippen molar-refractivity contribution in [3.63, 3.8) is 0 Å². The monoisotopic (exact) mass is 328 g/mol. The largest absolute Gasteiger partial charge is 0.459 e. The molecule has 0 aliphatic carbocycles. The maximum absolute atomic E-state index is 12.0. The molecule has 128 valence electrons. The first-order valence-electron chi connectivity index (χ1n) is 8.13. The van der Waals surface area contributed by atoms with E-state index in [1.807, 2.05) is 18.2 Å². The summed E-state index contributed by atoms with van der Waals surface area (Å²) in [7, 11) is 0. The fraction of sp³-hybridized carbons (Fsp3) is 0.368. The normalized spacial score (nSPS) is 11.1. The molecule has 2 amide bonds. The van der Waals surface area contributed by atoms with Crippen LogP contribution in [0.25, 0.3) is 0 Å². The second-order valence-electron chi connectivity index (χ2n) is 6.36. The summed E-state index contributed by atoms with van der Waals surface area (Å²) < 4.78 is 5.00. The van der Waals surface area contributed by atoms with Crippen LogP contribution in [-0.2, 0) is 10.2 Å². The van der Waals surface area contributed by atoms with Gasteiger partial charge in [0.1, 0.15) is 0 Å². The van der Waals surface area contributed by atoms with Crippen LogP contribution in [-0.4, -0.2) is 24.9 Å². The van der Waals surface area contributed by atoms with Gasteiger partial charge >= 0.3 is 0 Å².